The highest BCUT2D eigenvalue weighted by Gasteiger charge is 2.33. The van der Waals surface area contributed by atoms with E-state index in [0.717, 1.165) is 0 Å². The van der Waals surface area contributed by atoms with Crippen LogP contribution in [0.15, 0.2) is 18.2 Å². The van der Waals surface area contributed by atoms with Crippen LogP contribution in [-0.2, 0) is 9.59 Å². The van der Waals surface area contributed by atoms with Gasteiger partial charge in [0, 0.05) is 0 Å². The van der Waals surface area contributed by atoms with Crippen molar-refractivity contribution in [2.75, 3.05) is 16.1 Å². The van der Waals surface area contributed by atoms with Crippen LogP contribution in [0.4, 0.5) is 15.8 Å². The van der Waals surface area contributed by atoms with E-state index in [1.807, 2.05) is 0 Å². The molecule has 1 unspecified atom stereocenters. The molecular formula is C11H10ClFN2O2. The molecule has 90 valence electrons. The smallest absolute Gasteiger partial charge is 0.247 e. The van der Waals surface area contributed by atoms with Crippen molar-refractivity contribution in [3.63, 3.8) is 0 Å². The Morgan fingerprint density at radius 2 is 2.29 bits per heavy atom. The number of anilines is 2. The first-order valence-electron chi connectivity index (χ1n) is 5.03. The van der Waals surface area contributed by atoms with E-state index in [2.05, 4.69) is 5.32 Å². The maximum Gasteiger partial charge on any atom is 0.247 e. The number of nitrogens with one attached hydrogen (secondary N) is 1. The number of fused-ring (bicyclic) bond motifs is 1. The van der Waals surface area contributed by atoms with E-state index < -0.39 is 11.9 Å². The van der Waals surface area contributed by atoms with Gasteiger partial charge in [-0.3, -0.25) is 14.5 Å². The molecule has 0 spiro atoms. The molecule has 0 fully saturated rings. The Morgan fingerprint density at radius 3 is 2.94 bits per heavy atom. The third-order valence-electron chi connectivity index (χ3n) is 2.63. The Balaban J connectivity index is 2.52. The highest BCUT2D eigenvalue weighted by molar-refractivity contribution is 6.30. The quantitative estimate of drug-likeness (QED) is 0.778. The number of carbonyl (C=O) groups is 2. The molecule has 1 atom stereocenters. The number of halogens is 2. The number of carbonyl (C=O) groups excluding carboxylic acids is 2. The monoisotopic (exact) mass is 256 g/mol. The lowest BCUT2D eigenvalue weighted by Gasteiger charge is -2.34. The minimum absolute atomic E-state index is 0.228. The van der Waals surface area contributed by atoms with Crippen LogP contribution < -0.4 is 10.2 Å². The zero-order valence-electron chi connectivity index (χ0n) is 9.04. The lowest BCUT2D eigenvalue weighted by atomic mass is 10.1. The first-order chi connectivity index (χ1) is 8.04. The van der Waals surface area contributed by atoms with E-state index in [4.69, 9.17) is 11.6 Å². The van der Waals surface area contributed by atoms with Gasteiger partial charge in [0.1, 0.15) is 17.7 Å². The number of amides is 2. The van der Waals surface area contributed by atoms with Crippen LogP contribution in [0.5, 0.6) is 0 Å². The average Bonchev–Trinajstić information content (AvgIpc) is 2.30. The number of alkyl halides is 1. The Morgan fingerprint density at radius 1 is 1.59 bits per heavy atom. The molecule has 0 radical (unpaired) electrons. The molecule has 0 saturated heterocycles. The van der Waals surface area contributed by atoms with Gasteiger partial charge in [-0.2, -0.15) is 0 Å². The first-order valence-corrected chi connectivity index (χ1v) is 5.56. The molecule has 1 N–H and O–H groups in total. The van der Waals surface area contributed by atoms with E-state index in [1.54, 1.807) is 6.92 Å². The van der Waals surface area contributed by atoms with Crippen LogP contribution in [0.3, 0.4) is 0 Å². The third-order valence-corrected chi connectivity index (χ3v) is 2.85. The Kier molecular flexibility index (Phi) is 3.02. The summed E-state index contributed by atoms with van der Waals surface area (Å²) >= 11 is 5.50. The molecular weight excluding hydrogens is 247 g/mol. The fraction of sp³-hybridized carbons (Fsp3) is 0.273. The van der Waals surface area contributed by atoms with E-state index in [1.165, 1.54) is 23.1 Å². The van der Waals surface area contributed by atoms with Crippen molar-refractivity contribution in [2.45, 2.75) is 13.0 Å². The summed E-state index contributed by atoms with van der Waals surface area (Å²) < 4.78 is 13.0. The normalized spacial score (nSPS) is 18.6. The first kappa shape index (κ1) is 11.9. The van der Waals surface area contributed by atoms with Crippen molar-refractivity contribution < 1.29 is 14.0 Å². The summed E-state index contributed by atoms with van der Waals surface area (Å²) in [6.07, 6.45) is 0. The van der Waals surface area contributed by atoms with Gasteiger partial charge in [0.05, 0.1) is 11.4 Å². The van der Waals surface area contributed by atoms with Gasteiger partial charge in [-0.25, -0.2) is 4.39 Å². The van der Waals surface area contributed by atoms with Gasteiger partial charge in [-0.05, 0) is 25.1 Å². The molecule has 0 saturated carbocycles. The lowest BCUT2D eigenvalue weighted by molar-refractivity contribution is -0.122. The van der Waals surface area contributed by atoms with Gasteiger partial charge in [0.2, 0.25) is 11.8 Å². The molecule has 17 heavy (non-hydrogen) atoms. The zero-order valence-corrected chi connectivity index (χ0v) is 9.79. The Labute approximate surface area is 102 Å². The molecule has 1 aromatic rings. The summed E-state index contributed by atoms with van der Waals surface area (Å²) in [5.41, 5.74) is 0.746. The van der Waals surface area contributed by atoms with Crippen molar-refractivity contribution in [1.82, 2.24) is 0 Å². The van der Waals surface area contributed by atoms with Gasteiger partial charge in [-0.1, -0.05) is 0 Å². The van der Waals surface area contributed by atoms with Crippen LogP contribution in [-0.4, -0.2) is 23.7 Å². The van der Waals surface area contributed by atoms with Gasteiger partial charge >= 0.3 is 0 Å². The van der Waals surface area contributed by atoms with Crippen molar-refractivity contribution in [3.05, 3.63) is 24.0 Å². The predicted molar refractivity (Wildman–Crippen MR) is 62.7 cm³/mol. The molecule has 1 heterocycles. The van der Waals surface area contributed by atoms with Gasteiger partial charge in [0.15, 0.2) is 0 Å². The minimum Gasteiger partial charge on any atom is -0.322 e. The van der Waals surface area contributed by atoms with Crippen molar-refractivity contribution in [2.24, 2.45) is 0 Å². The van der Waals surface area contributed by atoms with E-state index >= 15 is 0 Å². The van der Waals surface area contributed by atoms with E-state index in [9.17, 15) is 14.0 Å². The molecule has 0 aliphatic carbocycles. The molecule has 1 aliphatic rings. The summed E-state index contributed by atoms with van der Waals surface area (Å²) in [5.74, 6) is -1.45. The number of nitrogens with zero attached hydrogens (tertiary/aromatic N) is 1. The Bertz CT molecular complexity index is 492. The van der Waals surface area contributed by atoms with Gasteiger partial charge < -0.3 is 5.32 Å². The van der Waals surface area contributed by atoms with Crippen LogP contribution in [0.2, 0.25) is 0 Å². The second-order valence-electron chi connectivity index (χ2n) is 3.72. The second kappa shape index (κ2) is 4.33. The number of benzene rings is 1. The van der Waals surface area contributed by atoms with Crippen LogP contribution in [0, 0.1) is 5.82 Å². The molecule has 6 heteroatoms. The zero-order chi connectivity index (χ0) is 12.6. The highest BCUT2D eigenvalue weighted by Crippen LogP contribution is 2.32. The SMILES string of the molecule is CC1C(=O)Nc2cc(F)ccc2N1C(=O)CCl. The predicted octanol–water partition coefficient (Wildman–Crippen LogP) is 1.74. The Hall–Kier alpha value is -1.62. The van der Waals surface area contributed by atoms with Gasteiger partial charge in [0.25, 0.3) is 0 Å². The van der Waals surface area contributed by atoms with E-state index in [0.29, 0.717) is 5.69 Å². The number of rotatable bonds is 1. The largest absolute Gasteiger partial charge is 0.322 e. The molecule has 0 bridgehead atoms. The summed E-state index contributed by atoms with van der Waals surface area (Å²) in [5, 5.41) is 2.54. The maximum atomic E-state index is 13.0. The summed E-state index contributed by atoms with van der Waals surface area (Å²) in [6.45, 7) is 1.59. The summed E-state index contributed by atoms with van der Waals surface area (Å²) in [7, 11) is 0. The van der Waals surface area contributed by atoms with Crippen LogP contribution in [0.1, 0.15) is 6.92 Å². The lowest BCUT2D eigenvalue weighted by Crippen LogP contribution is -2.49. The summed E-state index contributed by atoms with van der Waals surface area (Å²) in [4.78, 5) is 24.6. The number of hydrogen-bond donors (Lipinski definition) is 1. The molecule has 2 amide bonds. The van der Waals surface area contributed by atoms with Crippen molar-refractivity contribution in [3.8, 4) is 0 Å². The highest BCUT2D eigenvalue weighted by atomic mass is 35.5. The molecule has 0 aromatic heterocycles. The van der Waals surface area contributed by atoms with Crippen LogP contribution in [0.25, 0.3) is 0 Å². The molecule has 1 aliphatic heterocycles. The molecule has 2 rings (SSSR count). The third kappa shape index (κ3) is 1.98. The second-order valence-corrected chi connectivity index (χ2v) is 3.99. The molecule has 4 nitrogen and oxygen atoms in total. The van der Waals surface area contributed by atoms with Crippen LogP contribution >= 0.6 is 11.6 Å². The number of hydrogen-bond acceptors (Lipinski definition) is 2. The standard InChI is InChI=1S/C11H10ClFN2O2/c1-6-11(17)14-8-4-7(13)2-3-9(8)15(6)10(16)5-12/h2-4,6H,5H2,1H3,(H,14,17). The average molecular weight is 257 g/mol. The molecule has 1 aromatic carbocycles. The topological polar surface area (TPSA) is 49.4 Å². The van der Waals surface area contributed by atoms with E-state index in [-0.39, 0.29) is 23.4 Å². The van der Waals surface area contributed by atoms with Crippen molar-refractivity contribution in [1.29, 1.82) is 0 Å². The minimum atomic E-state index is -0.654. The fourth-order valence-corrected chi connectivity index (χ4v) is 1.92. The maximum absolute atomic E-state index is 13.0. The van der Waals surface area contributed by atoms with Crippen molar-refractivity contribution >= 4 is 34.8 Å². The van der Waals surface area contributed by atoms with Gasteiger partial charge in [-0.15, -0.1) is 11.6 Å². The summed E-state index contributed by atoms with van der Waals surface area (Å²) in [6, 6.07) is 3.20. The fourth-order valence-electron chi connectivity index (χ4n) is 1.80.